The number of rotatable bonds is 3. The fourth-order valence-corrected chi connectivity index (χ4v) is 3.08. The summed E-state index contributed by atoms with van der Waals surface area (Å²) < 4.78 is 32.1. The lowest BCUT2D eigenvalue weighted by Gasteiger charge is -2.07. The number of aryl methyl sites for hydroxylation is 2. The minimum Gasteiger partial charge on any atom is -0.408 e. The molecule has 0 aliphatic heterocycles. The van der Waals surface area contributed by atoms with Crippen molar-refractivity contribution in [2.45, 2.75) is 18.7 Å². The summed E-state index contributed by atoms with van der Waals surface area (Å²) in [6.45, 7) is 3.29. The predicted octanol–water partition coefficient (Wildman–Crippen LogP) is 2.25. The van der Waals surface area contributed by atoms with Crippen LogP contribution in [0.4, 0.5) is 6.01 Å². The highest BCUT2D eigenvalue weighted by Gasteiger charge is 2.19. The van der Waals surface area contributed by atoms with Crippen molar-refractivity contribution in [2.75, 3.05) is 4.72 Å². The van der Waals surface area contributed by atoms with Gasteiger partial charge in [-0.2, -0.15) is 0 Å². The number of benzene rings is 1. The van der Waals surface area contributed by atoms with Gasteiger partial charge in [-0.05, 0) is 24.6 Å². The lowest BCUT2D eigenvalue weighted by atomic mass is 10.2. The first-order valence-electron chi connectivity index (χ1n) is 4.97. The second kappa shape index (κ2) is 4.69. The smallest absolute Gasteiger partial charge is 0.329 e. The van der Waals surface area contributed by atoms with Crippen LogP contribution >= 0.6 is 15.9 Å². The summed E-state index contributed by atoms with van der Waals surface area (Å²) in [5.74, 6) is 0.290. The van der Waals surface area contributed by atoms with E-state index in [1.54, 1.807) is 26.0 Å². The monoisotopic (exact) mass is 331 g/mol. The van der Waals surface area contributed by atoms with Gasteiger partial charge >= 0.3 is 6.01 Å². The molecule has 1 heterocycles. The van der Waals surface area contributed by atoms with Crippen molar-refractivity contribution in [3.8, 4) is 0 Å². The third kappa shape index (κ3) is 2.70. The lowest BCUT2D eigenvalue weighted by molar-refractivity contribution is 0.534. The molecule has 0 atom stereocenters. The summed E-state index contributed by atoms with van der Waals surface area (Å²) in [5, 5.41) is 7.14. The van der Waals surface area contributed by atoms with Gasteiger partial charge in [0.15, 0.2) is 0 Å². The maximum Gasteiger partial charge on any atom is 0.329 e. The molecule has 0 radical (unpaired) electrons. The molecule has 2 rings (SSSR count). The topological polar surface area (TPSA) is 85.1 Å². The van der Waals surface area contributed by atoms with Crippen LogP contribution in [0.15, 0.2) is 32.0 Å². The van der Waals surface area contributed by atoms with E-state index < -0.39 is 10.0 Å². The zero-order chi connectivity index (χ0) is 13.3. The molecule has 18 heavy (non-hydrogen) atoms. The van der Waals surface area contributed by atoms with Crippen LogP contribution in [-0.2, 0) is 10.0 Å². The Labute approximate surface area is 113 Å². The normalized spacial score (nSPS) is 11.5. The van der Waals surface area contributed by atoms with E-state index in [0.717, 1.165) is 0 Å². The molecule has 0 amide bonds. The van der Waals surface area contributed by atoms with Crippen molar-refractivity contribution >= 4 is 32.0 Å². The summed E-state index contributed by atoms with van der Waals surface area (Å²) in [6, 6.07) is 4.84. The van der Waals surface area contributed by atoms with Crippen molar-refractivity contribution in [2.24, 2.45) is 0 Å². The van der Waals surface area contributed by atoms with Crippen molar-refractivity contribution in [1.29, 1.82) is 0 Å². The van der Waals surface area contributed by atoms with Crippen LogP contribution in [0, 0.1) is 13.8 Å². The van der Waals surface area contributed by atoms with Crippen molar-refractivity contribution < 1.29 is 12.8 Å². The summed E-state index contributed by atoms with van der Waals surface area (Å²) in [6.07, 6.45) is 0. The number of aromatic nitrogens is 2. The maximum atomic E-state index is 12.1. The highest BCUT2D eigenvalue weighted by Crippen LogP contribution is 2.22. The number of anilines is 1. The van der Waals surface area contributed by atoms with E-state index in [1.165, 1.54) is 6.07 Å². The SMILES string of the molecule is Cc1nnc(NS(=O)(=O)c2cc(Br)ccc2C)o1. The molecule has 0 fully saturated rings. The average Bonchev–Trinajstić information content (AvgIpc) is 2.66. The number of sulfonamides is 1. The molecule has 96 valence electrons. The molecule has 8 heteroatoms. The van der Waals surface area contributed by atoms with Crippen LogP contribution in [0.2, 0.25) is 0 Å². The van der Waals surface area contributed by atoms with E-state index >= 15 is 0 Å². The number of nitrogens with one attached hydrogen (secondary N) is 1. The van der Waals surface area contributed by atoms with Crippen molar-refractivity contribution in [3.05, 3.63) is 34.1 Å². The molecule has 2 aromatic rings. The van der Waals surface area contributed by atoms with E-state index in [2.05, 4.69) is 30.8 Å². The zero-order valence-electron chi connectivity index (χ0n) is 9.64. The fourth-order valence-electron chi connectivity index (χ4n) is 1.37. The number of hydrogen-bond donors (Lipinski definition) is 1. The van der Waals surface area contributed by atoms with Gasteiger partial charge in [-0.1, -0.05) is 27.1 Å². The third-order valence-corrected chi connectivity index (χ3v) is 4.14. The first-order chi connectivity index (χ1) is 8.38. The molecule has 1 aromatic carbocycles. The highest BCUT2D eigenvalue weighted by molar-refractivity contribution is 9.10. The Bertz CT molecular complexity index is 681. The molecule has 0 aliphatic rings. The Morgan fingerprint density at radius 2 is 2.00 bits per heavy atom. The Hall–Kier alpha value is -1.41. The molecule has 0 unspecified atom stereocenters. The minimum atomic E-state index is -3.73. The Balaban J connectivity index is 2.39. The van der Waals surface area contributed by atoms with Crippen LogP contribution in [0.3, 0.4) is 0 Å². The largest absolute Gasteiger partial charge is 0.408 e. The maximum absolute atomic E-state index is 12.1. The zero-order valence-corrected chi connectivity index (χ0v) is 12.0. The number of halogens is 1. The molecule has 1 N–H and O–H groups in total. The van der Waals surface area contributed by atoms with Crippen LogP contribution < -0.4 is 4.72 Å². The number of hydrogen-bond acceptors (Lipinski definition) is 5. The van der Waals surface area contributed by atoms with E-state index in [4.69, 9.17) is 4.42 Å². The molecular formula is C10H10BrN3O3S. The predicted molar refractivity (Wildman–Crippen MR) is 68.7 cm³/mol. The van der Waals surface area contributed by atoms with Gasteiger partial charge in [0.2, 0.25) is 5.89 Å². The third-order valence-electron chi connectivity index (χ3n) is 2.19. The molecule has 0 saturated heterocycles. The molecule has 0 spiro atoms. The summed E-state index contributed by atoms with van der Waals surface area (Å²) >= 11 is 3.23. The van der Waals surface area contributed by atoms with Crippen LogP contribution in [0.1, 0.15) is 11.5 Å². The van der Waals surface area contributed by atoms with E-state index in [-0.39, 0.29) is 10.9 Å². The first-order valence-corrected chi connectivity index (χ1v) is 7.25. The van der Waals surface area contributed by atoms with Crippen LogP contribution in [0.5, 0.6) is 0 Å². The summed E-state index contributed by atoms with van der Waals surface area (Å²) in [5.41, 5.74) is 0.627. The molecule has 0 bridgehead atoms. The van der Waals surface area contributed by atoms with Crippen molar-refractivity contribution in [3.63, 3.8) is 0 Å². The first kappa shape index (κ1) is 13.0. The van der Waals surface area contributed by atoms with Gasteiger partial charge in [-0.25, -0.2) is 13.1 Å². The molecule has 0 aliphatic carbocycles. The Morgan fingerprint density at radius 1 is 1.28 bits per heavy atom. The molecule has 6 nitrogen and oxygen atoms in total. The quantitative estimate of drug-likeness (QED) is 0.932. The highest BCUT2D eigenvalue weighted by atomic mass is 79.9. The van der Waals surface area contributed by atoms with E-state index in [9.17, 15) is 8.42 Å². The van der Waals surface area contributed by atoms with Gasteiger partial charge in [0.1, 0.15) is 0 Å². The minimum absolute atomic E-state index is 0.146. The van der Waals surface area contributed by atoms with Crippen LogP contribution in [0.25, 0.3) is 0 Å². The van der Waals surface area contributed by atoms with E-state index in [1.807, 2.05) is 0 Å². The van der Waals surface area contributed by atoms with Crippen LogP contribution in [-0.4, -0.2) is 18.6 Å². The summed E-state index contributed by atoms with van der Waals surface area (Å²) in [4.78, 5) is 0.160. The van der Waals surface area contributed by atoms with Gasteiger partial charge in [0.05, 0.1) is 4.90 Å². The Morgan fingerprint density at radius 3 is 2.61 bits per heavy atom. The Kier molecular flexibility index (Phi) is 3.40. The molecule has 1 aromatic heterocycles. The van der Waals surface area contributed by atoms with Gasteiger partial charge in [-0.15, -0.1) is 5.10 Å². The number of nitrogens with zero attached hydrogens (tertiary/aromatic N) is 2. The van der Waals surface area contributed by atoms with Gasteiger partial charge in [0.25, 0.3) is 10.0 Å². The van der Waals surface area contributed by atoms with Gasteiger partial charge < -0.3 is 4.42 Å². The van der Waals surface area contributed by atoms with E-state index in [0.29, 0.717) is 15.9 Å². The second-order valence-electron chi connectivity index (χ2n) is 3.64. The molecule has 0 saturated carbocycles. The van der Waals surface area contributed by atoms with Gasteiger partial charge in [-0.3, -0.25) is 0 Å². The standard InChI is InChI=1S/C10H10BrN3O3S/c1-6-3-4-8(11)5-9(6)18(15,16)14-10-13-12-7(2)17-10/h3-5H,1-2H3,(H,13,14). The average molecular weight is 332 g/mol. The van der Waals surface area contributed by atoms with Gasteiger partial charge in [0, 0.05) is 11.4 Å². The fraction of sp³-hybridized carbons (Fsp3) is 0.200. The molecular weight excluding hydrogens is 322 g/mol. The second-order valence-corrected chi connectivity index (χ2v) is 6.21. The summed E-state index contributed by atoms with van der Waals surface area (Å²) in [7, 11) is -3.73. The van der Waals surface area contributed by atoms with Crippen molar-refractivity contribution in [1.82, 2.24) is 10.2 Å². The lowest BCUT2D eigenvalue weighted by Crippen LogP contribution is -2.14.